The Labute approximate surface area is 120 Å². The highest BCUT2D eigenvalue weighted by Crippen LogP contribution is 2.37. The van der Waals surface area contributed by atoms with Crippen LogP contribution in [0.1, 0.15) is 46.1 Å². The monoisotopic (exact) mass is 273 g/mol. The van der Waals surface area contributed by atoms with Crippen LogP contribution in [0, 0.1) is 11.3 Å². The van der Waals surface area contributed by atoms with Gasteiger partial charge in [-0.2, -0.15) is 5.26 Å². The standard InChI is InChI=1S/C14H20BN3O2/c1-9(8-16)10-6-7-18-12(11(10)17)15-19-13(2,3)14(4,5)20-15/h6-7,9H,17H2,1-5H3. The van der Waals surface area contributed by atoms with E-state index in [0.717, 1.165) is 5.56 Å². The van der Waals surface area contributed by atoms with Crippen molar-refractivity contribution < 1.29 is 9.31 Å². The van der Waals surface area contributed by atoms with Crippen molar-refractivity contribution in [2.75, 3.05) is 5.73 Å². The van der Waals surface area contributed by atoms with E-state index in [9.17, 15) is 0 Å². The van der Waals surface area contributed by atoms with Gasteiger partial charge in [0.25, 0.3) is 0 Å². The number of rotatable bonds is 2. The zero-order valence-electron chi connectivity index (χ0n) is 12.6. The molecule has 2 N–H and O–H groups in total. The van der Waals surface area contributed by atoms with E-state index >= 15 is 0 Å². The van der Waals surface area contributed by atoms with Crippen LogP contribution in [0.15, 0.2) is 12.3 Å². The number of anilines is 1. The molecule has 1 atom stereocenters. The minimum atomic E-state index is -0.606. The Morgan fingerprint density at radius 1 is 1.30 bits per heavy atom. The first-order valence-electron chi connectivity index (χ1n) is 6.69. The first-order valence-corrected chi connectivity index (χ1v) is 6.69. The molecule has 1 aliphatic heterocycles. The van der Waals surface area contributed by atoms with E-state index in [1.54, 1.807) is 19.2 Å². The maximum atomic E-state index is 9.05. The van der Waals surface area contributed by atoms with Crippen LogP contribution in [-0.4, -0.2) is 23.3 Å². The van der Waals surface area contributed by atoms with E-state index in [-0.39, 0.29) is 5.92 Å². The minimum absolute atomic E-state index is 0.292. The van der Waals surface area contributed by atoms with E-state index < -0.39 is 18.3 Å². The second-order valence-electron chi connectivity index (χ2n) is 6.14. The SMILES string of the molecule is CC(C#N)c1ccnc(B2OC(C)(C)C(C)(C)O2)c1N. The van der Waals surface area contributed by atoms with Crippen LogP contribution < -0.4 is 11.3 Å². The molecule has 2 heterocycles. The van der Waals surface area contributed by atoms with Crippen molar-refractivity contribution in [1.82, 2.24) is 4.98 Å². The van der Waals surface area contributed by atoms with E-state index in [1.807, 2.05) is 27.7 Å². The Hall–Kier alpha value is -1.58. The molecule has 0 bridgehead atoms. The third-order valence-corrected chi connectivity index (χ3v) is 4.19. The lowest BCUT2D eigenvalue weighted by Gasteiger charge is -2.32. The Morgan fingerprint density at radius 3 is 2.35 bits per heavy atom. The van der Waals surface area contributed by atoms with Gasteiger partial charge in [0, 0.05) is 6.20 Å². The lowest BCUT2D eigenvalue weighted by molar-refractivity contribution is 0.00578. The van der Waals surface area contributed by atoms with E-state index in [2.05, 4.69) is 11.1 Å². The number of aromatic nitrogens is 1. The molecule has 1 unspecified atom stereocenters. The van der Waals surface area contributed by atoms with Gasteiger partial charge in [0.2, 0.25) is 0 Å². The zero-order valence-corrected chi connectivity index (χ0v) is 12.6. The van der Waals surface area contributed by atoms with Gasteiger partial charge in [-0.15, -0.1) is 0 Å². The Morgan fingerprint density at radius 2 is 1.85 bits per heavy atom. The number of nitrogens with zero attached hydrogens (tertiary/aromatic N) is 2. The molecule has 0 aromatic carbocycles. The van der Waals surface area contributed by atoms with Crippen molar-refractivity contribution in [2.24, 2.45) is 0 Å². The second-order valence-corrected chi connectivity index (χ2v) is 6.14. The largest absolute Gasteiger partial charge is 0.516 e. The molecule has 106 valence electrons. The normalized spacial score (nSPS) is 21.5. The molecule has 5 nitrogen and oxygen atoms in total. The second kappa shape index (κ2) is 4.76. The van der Waals surface area contributed by atoms with Gasteiger partial charge in [-0.3, -0.25) is 4.98 Å². The average Bonchev–Trinajstić information content (AvgIpc) is 2.57. The number of nitrogen functional groups attached to an aromatic ring is 1. The zero-order chi connectivity index (χ0) is 15.1. The van der Waals surface area contributed by atoms with Crippen molar-refractivity contribution in [2.45, 2.75) is 51.7 Å². The number of hydrogen-bond donors (Lipinski definition) is 1. The molecule has 20 heavy (non-hydrogen) atoms. The fourth-order valence-corrected chi connectivity index (χ4v) is 2.09. The Balaban J connectivity index is 2.39. The molecule has 2 rings (SSSR count). The summed E-state index contributed by atoms with van der Waals surface area (Å²) in [5, 5.41) is 9.05. The predicted molar refractivity (Wildman–Crippen MR) is 78.4 cm³/mol. The summed E-state index contributed by atoms with van der Waals surface area (Å²) in [4.78, 5) is 4.28. The van der Waals surface area contributed by atoms with Crippen molar-refractivity contribution in [3.05, 3.63) is 17.8 Å². The smallest absolute Gasteiger partial charge is 0.398 e. The molecular formula is C14H20BN3O2. The van der Waals surface area contributed by atoms with Gasteiger partial charge in [0.1, 0.15) is 0 Å². The van der Waals surface area contributed by atoms with Gasteiger partial charge in [-0.25, -0.2) is 0 Å². The first-order chi connectivity index (χ1) is 9.19. The summed E-state index contributed by atoms with van der Waals surface area (Å²) in [6.07, 6.45) is 1.64. The lowest BCUT2D eigenvalue weighted by Crippen LogP contribution is -2.41. The molecule has 1 saturated heterocycles. The fraction of sp³-hybridized carbons (Fsp3) is 0.571. The highest BCUT2D eigenvalue weighted by atomic mass is 16.7. The molecule has 0 aliphatic carbocycles. The summed E-state index contributed by atoms with van der Waals surface area (Å²) in [6.45, 7) is 9.71. The summed E-state index contributed by atoms with van der Waals surface area (Å²) in [5.74, 6) is -0.292. The van der Waals surface area contributed by atoms with Crippen LogP contribution in [0.4, 0.5) is 5.69 Å². The molecular weight excluding hydrogens is 253 g/mol. The predicted octanol–water partition coefficient (Wildman–Crippen LogP) is 1.59. The van der Waals surface area contributed by atoms with Gasteiger partial charge in [0.15, 0.2) is 0 Å². The number of nitrogens with two attached hydrogens (primary N) is 1. The maximum Gasteiger partial charge on any atom is 0.516 e. The summed E-state index contributed by atoms with van der Waals surface area (Å²) >= 11 is 0. The van der Waals surface area contributed by atoms with Crippen molar-refractivity contribution in [3.8, 4) is 6.07 Å². The summed E-state index contributed by atoms with van der Waals surface area (Å²) < 4.78 is 11.9. The fourth-order valence-electron chi connectivity index (χ4n) is 2.09. The number of pyridine rings is 1. The minimum Gasteiger partial charge on any atom is -0.398 e. The molecule has 0 amide bonds. The molecule has 1 aromatic rings. The van der Waals surface area contributed by atoms with Crippen molar-refractivity contribution in [1.29, 1.82) is 5.26 Å². The number of nitriles is 1. The molecule has 0 radical (unpaired) electrons. The van der Waals surface area contributed by atoms with Gasteiger partial charge < -0.3 is 15.0 Å². The van der Waals surface area contributed by atoms with Crippen LogP contribution in [0.2, 0.25) is 0 Å². The maximum absolute atomic E-state index is 9.05. The molecule has 1 fully saturated rings. The van der Waals surface area contributed by atoms with Gasteiger partial charge in [-0.1, -0.05) is 0 Å². The summed E-state index contributed by atoms with van der Waals surface area (Å²) in [5.41, 5.74) is 7.03. The van der Waals surface area contributed by atoms with Crippen LogP contribution in [0.5, 0.6) is 0 Å². The average molecular weight is 273 g/mol. The lowest BCUT2D eigenvalue weighted by atomic mass is 9.80. The van der Waals surface area contributed by atoms with Crippen LogP contribution in [0.25, 0.3) is 0 Å². The van der Waals surface area contributed by atoms with E-state index in [4.69, 9.17) is 20.3 Å². The Kier molecular flexibility index (Phi) is 3.53. The van der Waals surface area contributed by atoms with Crippen LogP contribution in [-0.2, 0) is 9.31 Å². The molecule has 1 aliphatic rings. The number of hydrogen-bond acceptors (Lipinski definition) is 5. The van der Waals surface area contributed by atoms with Crippen molar-refractivity contribution >= 4 is 18.4 Å². The third kappa shape index (κ3) is 2.28. The highest BCUT2D eigenvalue weighted by Gasteiger charge is 2.53. The van der Waals surface area contributed by atoms with Gasteiger partial charge in [0.05, 0.1) is 34.5 Å². The molecule has 6 heteroatoms. The van der Waals surface area contributed by atoms with Gasteiger partial charge >= 0.3 is 7.12 Å². The molecule has 0 saturated carbocycles. The summed E-state index contributed by atoms with van der Waals surface area (Å²) in [7, 11) is -0.606. The highest BCUT2D eigenvalue weighted by molar-refractivity contribution is 6.62. The molecule has 0 spiro atoms. The van der Waals surface area contributed by atoms with E-state index in [1.165, 1.54) is 0 Å². The third-order valence-electron chi connectivity index (χ3n) is 4.19. The topological polar surface area (TPSA) is 81.2 Å². The Bertz CT molecular complexity index is 550. The van der Waals surface area contributed by atoms with Crippen molar-refractivity contribution in [3.63, 3.8) is 0 Å². The van der Waals surface area contributed by atoms with Gasteiger partial charge in [-0.05, 0) is 46.2 Å². The van der Waals surface area contributed by atoms with Crippen LogP contribution in [0.3, 0.4) is 0 Å². The quantitative estimate of drug-likeness (QED) is 0.827. The molecule has 1 aromatic heterocycles. The van der Waals surface area contributed by atoms with Crippen LogP contribution >= 0.6 is 0 Å². The summed E-state index contributed by atoms with van der Waals surface area (Å²) in [6, 6.07) is 3.94. The van der Waals surface area contributed by atoms with E-state index in [0.29, 0.717) is 11.3 Å². The first kappa shape index (κ1) is 14.8.